The van der Waals surface area contributed by atoms with Crippen LogP contribution < -0.4 is 5.32 Å². The number of hydrogen-bond donors (Lipinski definition) is 1. The molecule has 0 aliphatic carbocycles. The number of anilines is 1. The summed E-state index contributed by atoms with van der Waals surface area (Å²) in [4.78, 5) is 47.8. The van der Waals surface area contributed by atoms with Crippen molar-refractivity contribution in [2.45, 2.75) is 19.6 Å². The van der Waals surface area contributed by atoms with Crippen LogP contribution in [0.1, 0.15) is 34.6 Å². The van der Waals surface area contributed by atoms with Crippen molar-refractivity contribution in [3.8, 4) is 0 Å². The van der Waals surface area contributed by atoms with Gasteiger partial charge in [0.25, 0.3) is 5.79 Å². The highest BCUT2D eigenvalue weighted by molar-refractivity contribution is 6.15. The molecule has 9 heteroatoms. The Morgan fingerprint density at radius 1 is 1.04 bits per heavy atom. The van der Waals surface area contributed by atoms with Crippen LogP contribution in [-0.2, 0) is 28.5 Å². The van der Waals surface area contributed by atoms with Gasteiger partial charge < -0.3 is 24.3 Å². The van der Waals surface area contributed by atoms with Crippen molar-refractivity contribution in [3.63, 3.8) is 0 Å². The molecule has 1 aliphatic heterocycles. The molecule has 1 aliphatic rings. The highest BCUT2D eigenvalue weighted by Crippen LogP contribution is 2.25. The van der Waals surface area contributed by atoms with Gasteiger partial charge in [0.15, 0.2) is 5.57 Å². The summed E-state index contributed by atoms with van der Waals surface area (Å²) in [7, 11) is 2.32. The Kier molecular flexibility index (Phi) is 5.30. The lowest BCUT2D eigenvalue weighted by Crippen LogP contribution is -2.42. The Morgan fingerprint density at radius 2 is 1.62 bits per heavy atom. The number of benzene rings is 1. The van der Waals surface area contributed by atoms with Gasteiger partial charge in [-0.2, -0.15) is 0 Å². The average molecular weight is 363 g/mol. The summed E-state index contributed by atoms with van der Waals surface area (Å²) in [5.41, 5.74) is -0.435. The van der Waals surface area contributed by atoms with Crippen LogP contribution in [0.4, 0.5) is 5.69 Å². The van der Waals surface area contributed by atoms with Gasteiger partial charge >= 0.3 is 23.9 Å². The summed E-state index contributed by atoms with van der Waals surface area (Å²) < 4.78 is 19.3. The first-order valence-electron chi connectivity index (χ1n) is 7.43. The number of hydrogen-bond acceptors (Lipinski definition) is 9. The normalized spacial score (nSPS) is 15.5. The van der Waals surface area contributed by atoms with Crippen LogP contribution in [0.5, 0.6) is 0 Å². The van der Waals surface area contributed by atoms with Crippen molar-refractivity contribution in [1.82, 2.24) is 0 Å². The molecule has 0 spiro atoms. The van der Waals surface area contributed by atoms with E-state index in [0.717, 1.165) is 13.3 Å². The number of nitrogens with one attached hydrogen (secondary N) is 1. The molecule has 0 unspecified atom stereocenters. The molecule has 0 saturated carbocycles. The zero-order valence-electron chi connectivity index (χ0n) is 14.6. The Morgan fingerprint density at radius 3 is 2.15 bits per heavy atom. The van der Waals surface area contributed by atoms with Gasteiger partial charge in [0, 0.05) is 20.0 Å². The molecular formula is C17H17NO8. The van der Waals surface area contributed by atoms with E-state index in [9.17, 15) is 19.2 Å². The van der Waals surface area contributed by atoms with Gasteiger partial charge in [-0.1, -0.05) is 6.07 Å². The minimum absolute atomic E-state index is 0.0438. The molecular weight excluding hydrogens is 346 g/mol. The zero-order chi connectivity index (χ0) is 19.5. The minimum Gasteiger partial charge on any atom is -0.465 e. The van der Waals surface area contributed by atoms with E-state index in [2.05, 4.69) is 14.8 Å². The maximum atomic E-state index is 12.1. The smallest absolute Gasteiger partial charge is 0.350 e. The van der Waals surface area contributed by atoms with Gasteiger partial charge in [0.2, 0.25) is 0 Å². The monoisotopic (exact) mass is 363 g/mol. The van der Waals surface area contributed by atoms with Crippen LogP contribution in [0, 0.1) is 0 Å². The minimum atomic E-state index is -1.37. The Balaban J connectivity index is 2.41. The lowest BCUT2D eigenvalue weighted by atomic mass is 10.1. The fourth-order valence-electron chi connectivity index (χ4n) is 2.20. The van der Waals surface area contributed by atoms with Gasteiger partial charge in [-0.05, 0) is 12.1 Å². The molecule has 0 atom stereocenters. The molecule has 1 aromatic carbocycles. The van der Waals surface area contributed by atoms with Gasteiger partial charge in [-0.3, -0.25) is 0 Å². The molecule has 1 saturated heterocycles. The van der Waals surface area contributed by atoms with Crippen LogP contribution in [0.25, 0.3) is 0 Å². The highest BCUT2D eigenvalue weighted by Gasteiger charge is 2.39. The third-order valence-electron chi connectivity index (χ3n) is 3.35. The summed E-state index contributed by atoms with van der Waals surface area (Å²) in [6.45, 7) is 2.84. The third-order valence-corrected chi connectivity index (χ3v) is 3.35. The summed E-state index contributed by atoms with van der Waals surface area (Å²) in [6, 6.07) is 4.32. The molecule has 1 heterocycles. The van der Waals surface area contributed by atoms with Crippen molar-refractivity contribution in [2.75, 3.05) is 19.5 Å². The standard InChI is InChI=1S/C17H17NO8/c1-17(2)25-14(20)10(15(21)26-17)8-18-11-7-5-6-9(13(19)23-3)12(11)16(22)24-4/h5-8,18H,1-4H3. The third kappa shape index (κ3) is 3.82. The lowest BCUT2D eigenvalue weighted by molar-refractivity contribution is -0.222. The van der Waals surface area contributed by atoms with Gasteiger partial charge in [-0.25, -0.2) is 19.2 Å². The van der Waals surface area contributed by atoms with Crippen LogP contribution in [0.15, 0.2) is 30.0 Å². The summed E-state index contributed by atoms with van der Waals surface area (Å²) in [6.07, 6.45) is 1.03. The number of ether oxygens (including phenoxy) is 4. The zero-order valence-corrected chi connectivity index (χ0v) is 14.6. The molecule has 138 valence electrons. The molecule has 0 aromatic heterocycles. The molecule has 0 bridgehead atoms. The van der Waals surface area contributed by atoms with Crippen molar-refractivity contribution < 1.29 is 38.1 Å². The molecule has 0 amide bonds. The lowest BCUT2D eigenvalue weighted by Gasteiger charge is -2.29. The van der Waals surface area contributed by atoms with E-state index in [4.69, 9.17) is 9.47 Å². The topological polar surface area (TPSA) is 117 Å². The number of carbonyl (C=O) groups excluding carboxylic acids is 4. The molecule has 2 rings (SSSR count). The second kappa shape index (κ2) is 7.26. The summed E-state index contributed by atoms with van der Waals surface area (Å²) in [5, 5.41) is 2.63. The van der Waals surface area contributed by atoms with Crippen molar-refractivity contribution in [3.05, 3.63) is 41.1 Å². The number of esters is 4. The Hall–Kier alpha value is -3.36. The maximum Gasteiger partial charge on any atom is 0.350 e. The van der Waals surface area contributed by atoms with E-state index in [-0.39, 0.29) is 16.8 Å². The highest BCUT2D eigenvalue weighted by atomic mass is 16.7. The quantitative estimate of drug-likeness (QED) is 0.366. The Labute approximate surface area is 148 Å². The van der Waals surface area contributed by atoms with Crippen molar-refractivity contribution >= 4 is 29.6 Å². The average Bonchev–Trinajstić information content (AvgIpc) is 2.58. The van der Waals surface area contributed by atoms with Gasteiger partial charge in [0.1, 0.15) is 0 Å². The second-order valence-corrected chi connectivity index (χ2v) is 5.59. The van der Waals surface area contributed by atoms with E-state index in [0.29, 0.717) is 0 Å². The van der Waals surface area contributed by atoms with Crippen LogP contribution in [0.3, 0.4) is 0 Å². The number of methoxy groups -OCH3 is 2. The summed E-state index contributed by atoms with van der Waals surface area (Å²) in [5.74, 6) is -4.69. The van der Waals surface area contributed by atoms with Crippen LogP contribution >= 0.6 is 0 Å². The Bertz CT molecular complexity index is 787. The fraction of sp³-hybridized carbons (Fsp3) is 0.294. The molecule has 1 N–H and O–H groups in total. The number of rotatable bonds is 4. The molecule has 1 fully saturated rings. The summed E-state index contributed by atoms with van der Waals surface area (Å²) >= 11 is 0. The van der Waals surface area contributed by atoms with Crippen molar-refractivity contribution in [1.29, 1.82) is 0 Å². The van der Waals surface area contributed by atoms with Crippen LogP contribution in [0.2, 0.25) is 0 Å². The number of carbonyl (C=O) groups is 4. The van der Waals surface area contributed by atoms with E-state index in [1.807, 2.05) is 0 Å². The van der Waals surface area contributed by atoms with Gasteiger partial charge in [-0.15, -0.1) is 0 Å². The predicted molar refractivity (Wildman–Crippen MR) is 87.1 cm³/mol. The number of cyclic esters (lactones) is 2. The maximum absolute atomic E-state index is 12.1. The SMILES string of the molecule is COC(=O)c1cccc(NC=C2C(=O)OC(C)(C)OC2=O)c1C(=O)OC. The van der Waals surface area contributed by atoms with E-state index >= 15 is 0 Å². The molecule has 9 nitrogen and oxygen atoms in total. The van der Waals surface area contributed by atoms with Crippen molar-refractivity contribution in [2.24, 2.45) is 0 Å². The van der Waals surface area contributed by atoms with Gasteiger partial charge in [0.05, 0.1) is 31.0 Å². The van der Waals surface area contributed by atoms with E-state index < -0.39 is 35.2 Å². The van der Waals surface area contributed by atoms with E-state index in [1.54, 1.807) is 0 Å². The largest absolute Gasteiger partial charge is 0.465 e. The van der Waals surface area contributed by atoms with E-state index in [1.165, 1.54) is 39.2 Å². The fourth-order valence-corrected chi connectivity index (χ4v) is 2.20. The molecule has 26 heavy (non-hydrogen) atoms. The first kappa shape index (κ1) is 19.0. The molecule has 1 aromatic rings. The predicted octanol–water partition coefficient (Wildman–Crippen LogP) is 1.39. The second-order valence-electron chi connectivity index (χ2n) is 5.59. The first-order chi connectivity index (χ1) is 12.2. The van der Waals surface area contributed by atoms with Crippen LogP contribution in [-0.4, -0.2) is 43.9 Å². The first-order valence-corrected chi connectivity index (χ1v) is 7.43. The molecule has 0 radical (unpaired) electrons.